The zero-order valence-electron chi connectivity index (χ0n) is 14.5. The monoisotopic (exact) mass is 359 g/mol. The largest absolute Gasteiger partial charge is 0.508 e. The van der Waals surface area contributed by atoms with Crippen molar-refractivity contribution in [3.05, 3.63) is 58.9 Å². The molecular weight excluding hydrogens is 342 g/mol. The average Bonchev–Trinajstić information content (AvgIpc) is 3.07. The number of carbonyl (C=O) groups is 2. The molecule has 0 bridgehead atoms. The Bertz CT molecular complexity index is 1120. The minimum absolute atomic E-state index is 0.0533. The van der Waals surface area contributed by atoms with Crippen LogP contribution in [0.3, 0.4) is 0 Å². The van der Waals surface area contributed by atoms with E-state index in [0.29, 0.717) is 33.3 Å². The van der Waals surface area contributed by atoms with E-state index in [1.54, 1.807) is 24.3 Å². The van der Waals surface area contributed by atoms with Gasteiger partial charge < -0.3 is 15.0 Å². The standard InChI is InChI=1S/C21H17N3O3/c22-11-13-4-7-19(17-10-15(26)5-6-16(13)17)23-21(27)18-9-14(12-25)24-8-2-1-3-20(18)24/h4-7,9-10,12,26H,1-3,8H2,(H,23,27). The summed E-state index contributed by atoms with van der Waals surface area (Å²) in [5.41, 5.74) is 2.86. The fraction of sp³-hybridized carbons (Fsp3) is 0.190. The van der Waals surface area contributed by atoms with Gasteiger partial charge in [-0.3, -0.25) is 9.59 Å². The number of carbonyl (C=O) groups excluding carboxylic acids is 2. The highest BCUT2D eigenvalue weighted by Crippen LogP contribution is 2.31. The van der Waals surface area contributed by atoms with Gasteiger partial charge >= 0.3 is 0 Å². The molecular formula is C21H17N3O3. The van der Waals surface area contributed by atoms with Crippen LogP contribution in [0.4, 0.5) is 5.69 Å². The summed E-state index contributed by atoms with van der Waals surface area (Å²) in [6.07, 6.45) is 3.51. The molecule has 1 aliphatic rings. The van der Waals surface area contributed by atoms with Gasteiger partial charge in [-0.05, 0) is 55.7 Å². The lowest BCUT2D eigenvalue weighted by atomic mass is 10.0. The van der Waals surface area contributed by atoms with Crippen LogP contribution in [0.1, 0.15) is 44.9 Å². The second-order valence-corrected chi connectivity index (χ2v) is 6.61. The molecule has 0 spiro atoms. The third-order valence-corrected chi connectivity index (χ3v) is 5.02. The van der Waals surface area contributed by atoms with Gasteiger partial charge in [-0.25, -0.2) is 0 Å². The molecule has 6 heteroatoms. The fourth-order valence-corrected chi connectivity index (χ4v) is 3.73. The molecule has 4 rings (SSSR count). The van der Waals surface area contributed by atoms with Crippen LogP contribution < -0.4 is 5.32 Å². The number of amides is 1. The normalized spacial score (nSPS) is 13.0. The van der Waals surface area contributed by atoms with Gasteiger partial charge in [0, 0.05) is 28.7 Å². The van der Waals surface area contributed by atoms with Crippen molar-refractivity contribution >= 4 is 28.7 Å². The van der Waals surface area contributed by atoms with Gasteiger partial charge in [0.1, 0.15) is 5.75 Å². The number of anilines is 1. The highest BCUT2D eigenvalue weighted by Gasteiger charge is 2.22. The van der Waals surface area contributed by atoms with Gasteiger partial charge in [0.2, 0.25) is 0 Å². The number of aromatic hydroxyl groups is 1. The van der Waals surface area contributed by atoms with Gasteiger partial charge in [-0.15, -0.1) is 0 Å². The van der Waals surface area contributed by atoms with Crippen molar-refractivity contribution in [1.82, 2.24) is 4.57 Å². The summed E-state index contributed by atoms with van der Waals surface area (Å²) in [5, 5.41) is 23.2. The lowest BCUT2D eigenvalue weighted by molar-refractivity contribution is 0.102. The van der Waals surface area contributed by atoms with E-state index in [4.69, 9.17) is 0 Å². The Kier molecular flexibility index (Phi) is 4.13. The SMILES string of the molecule is N#Cc1ccc(NC(=O)c2cc(C=O)n3c2CCCC3)c2cc(O)ccc12. The van der Waals surface area contributed by atoms with Crippen LogP contribution in [0.25, 0.3) is 10.8 Å². The number of phenols is 1. The number of aromatic nitrogens is 1. The Hall–Kier alpha value is -3.59. The van der Waals surface area contributed by atoms with Crippen molar-refractivity contribution < 1.29 is 14.7 Å². The minimum atomic E-state index is -0.303. The second-order valence-electron chi connectivity index (χ2n) is 6.61. The summed E-state index contributed by atoms with van der Waals surface area (Å²) < 4.78 is 1.91. The Morgan fingerprint density at radius 3 is 2.81 bits per heavy atom. The summed E-state index contributed by atoms with van der Waals surface area (Å²) in [5.74, 6) is -0.249. The predicted molar refractivity (Wildman–Crippen MR) is 101 cm³/mol. The zero-order valence-corrected chi connectivity index (χ0v) is 14.5. The first-order chi connectivity index (χ1) is 13.1. The summed E-state index contributed by atoms with van der Waals surface area (Å²) >= 11 is 0. The molecule has 1 amide bonds. The number of rotatable bonds is 3. The number of nitrogens with one attached hydrogen (secondary N) is 1. The number of nitriles is 1. The summed E-state index contributed by atoms with van der Waals surface area (Å²) in [6, 6.07) is 11.7. The molecule has 1 aliphatic heterocycles. The number of benzene rings is 2. The topological polar surface area (TPSA) is 95.1 Å². The third kappa shape index (κ3) is 2.83. The average molecular weight is 359 g/mol. The van der Waals surface area contributed by atoms with Crippen LogP contribution >= 0.6 is 0 Å². The zero-order chi connectivity index (χ0) is 19.0. The Balaban J connectivity index is 1.76. The summed E-state index contributed by atoms with van der Waals surface area (Å²) in [6.45, 7) is 0.740. The van der Waals surface area contributed by atoms with E-state index in [0.717, 1.165) is 37.8 Å². The van der Waals surface area contributed by atoms with E-state index in [2.05, 4.69) is 11.4 Å². The van der Waals surface area contributed by atoms with Crippen molar-refractivity contribution in [2.45, 2.75) is 25.8 Å². The first kappa shape index (κ1) is 16.9. The molecule has 2 aromatic carbocycles. The molecule has 0 saturated carbocycles. The number of fused-ring (bicyclic) bond motifs is 2. The van der Waals surface area contributed by atoms with Crippen molar-refractivity contribution in [3.63, 3.8) is 0 Å². The van der Waals surface area contributed by atoms with E-state index >= 15 is 0 Å². The van der Waals surface area contributed by atoms with Crippen LogP contribution in [-0.2, 0) is 13.0 Å². The Morgan fingerprint density at radius 1 is 1.19 bits per heavy atom. The molecule has 0 atom stereocenters. The van der Waals surface area contributed by atoms with Crippen LogP contribution in [0.2, 0.25) is 0 Å². The van der Waals surface area contributed by atoms with Crippen LogP contribution in [0.5, 0.6) is 5.75 Å². The molecule has 0 unspecified atom stereocenters. The smallest absolute Gasteiger partial charge is 0.257 e. The van der Waals surface area contributed by atoms with Crippen LogP contribution in [0, 0.1) is 11.3 Å². The molecule has 134 valence electrons. The molecule has 27 heavy (non-hydrogen) atoms. The van der Waals surface area contributed by atoms with E-state index in [1.165, 1.54) is 12.1 Å². The van der Waals surface area contributed by atoms with Crippen molar-refractivity contribution in [2.75, 3.05) is 5.32 Å². The Labute approximate surface area is 155 Å². The maximum absolute atomic E-state index is 12.9. The Morgan fingerprint density at radius 2 is 2.04 bits per heavy atom. The number of aldehydes is 1. The van der Waals surface area contributed by atoms with E-state index in [-0.39, 0.29) is 11.7 Å². The van der Waals surface area contributed by atoms with Gasteiger partial charge in [-0.2, -0.15) is 5.26 Å². The third-order valence-electron chi connectivity index (χ3n) is 5.02. The van der Waals surface area contributed by atoms with E-state index < -0.39 is 0 Å². The molecule has 0 radical (unpaired) electrons. The maximum Gasteiger partial charge on any atom is 0.257 e. The number of hydrogen-bond acceptors (Lipinski definition) is 4. The molecule has 2 N–H and O–H groups in total. The summed E-state index contributed by atoms with van der Waals surface area (Å²) in [7, 11) is 0. The molecule has 2 heterocycles. The highest BCUT2D eigenvalue weighted by atomic mass is 16.3. The predicted octanol–water partition coefficient (Wildman–Crippen LogP) is 3.62. The first-order valence-corrected chi connectivity index (χ1v) is 8.77. The lowest BCUT2D eigenvalue weighted by Gasteiger charge is -2.17. The van der Waals surface area contributed by atoms with E-state index in [9.17, 15) is 20.0 Å². The molecule has 1 aromatic heterocycles. The van der Waals surface area contributed by atoms with Gasteiger partial charge in [-0.1, -0.05) is 0 Å². The number of phenolic OH excluding ortho intramolecular Hbond substituents is 1. The fourth-order valence-electron chi connectivity index (χ4n) is 3.73. The molecule has 0 aliphatic carbocycles. The number of nitrogens with zero attached hydrogens (tertiary/aromatic N) is 2. The quantitative estimate of drug-likeness (QED) is 0.698. The van der Waals surface area contributed by atoms with E-state index in [1.807, 2.05) is 4.57 Å². The lowest BCUT2D eigenvalue weighted by Crippen LogP contribution is -2.18. The van der Waals surface area contributed by atoms with Crippen molar-refractivity contribution in [2.24, 2.45) is 0 Å². The number of hydrogen-bond donors (Lipinski definition) is 2. The maximum atomic E-state index is 12.9. The highest BCUT2D eigenvalue weighted by molar-refractivity contribution is 6.11. The molecule has 0 saturated heterocycles. The van der Waals surface area contributed by atoms with Gasteiger partial charge in [0.25, 0.3) is 5.91 Å². The first-order valence-electron chi connectivity index (χ1n) is 8.77. The minimum Gasteiger partial charge on any atom is -0.508 e. The van der Waals surface area contributed by atoms with Crippen molar-refractivity contribution in [3.8, 4) is 11.8 Å². The van der Waals surface area contributed by atoms with Crippen LogP contribution in [0.15, 0.2) is 36.4 Å². The molecule has 0 fully saturated rings. The van der Waals surface area contributed by atoms with Gasteiger partial charge in [0.05, 0.1) is 22.9 Å². The second kappa shape index (κ2) is 6.61. The van der Waals surface area contributed by atoms with Crippen molar-refractivity contribution in [1.29, 1.82) is 5.26 Å². The molecule has 3 aromatic rings. The van der Waals surface area contributed by atoms with Gasteiger partial charge in [0.15, 0.2) is 6.29 Å². The molecule has 6 nitrogen and oxygen atoms in total. The van der Waals surface area contributed by atoms with Crippen LogP contribution in [-0.4, -0.2) is 21.9 Å². The summed E-state index contributed by atoms with van der Waals surface area (Å²) in [4.78, 5) is 24.3.